The highest BCUT2D eigenvalue weighted by molar-refractivity contribution is 5.91. The van der Waals surface area contributed by atoms with E-state index in [1.807, 2.05) is 26.0 Å². The molecule has 0 bridgehead atoms. The van der Waals surface area contributed by atoms with Gasteiger partial charge in [-0.25, -0.2) is 4.79 Å². The van der Waals surface area contributed by atoms with Crippen LogP contribution in [0, 0.1) is 13.8 Å². The van der Waals surface area contributed by atoms with Crippen molar-refractivity contribution in [2.75, 3.05) is 20.3 Å². The minimum atomic E-state index is -0.383. The van der Waals surface area contributed by atoms with Crippen molar-refractivity contribution in [3.63, 3.8) is 0 Å². The Balaban J connectivity index is 1.98. The second kappa shape index (κ2) is 7.61. The molecule has 0 N–H and O–H groups in total. The van der Waals surface area contributed by atoms with Gasteiger partial charge in [-0.15, -0.1) is 0 Å². The average molecular weight is 300 g/mol. The van der Waals surface area contributed by atoms with Gasteiger partial charge in [0, 0.05) is 7.11 Å². The Labute approximate surface area is 130 Å². The van der Waals surface area contributed by atoms with E-state index in [1.54, 1.807) is 37.4 Å². The Kier molecular flexibility index (Phi) is 5.55. The first-order valence-electron chi connectivity index (χ1n) is 7.11. The maximum atomic E-state index is 12.1. The van der Waals surface area contributed by atoms with Crippen molar-refractivity contribution < 1.29 is 19.0 Å². The monoisotopic (exact) mass is 300 g/mol. The minimum absolute atomic E-state index is 0.383. The summed E-state index contributed by atoms with van der Waals surface area (Å²) in [5.41, 5.74) is 2.74. The lowest BCUT2D eigenvalue weighted by Gasteiger charge is -2.08. The molecule has 0 aliphatic heterocycles. The number of methoxy groups -OCH3 is 1. The molecule has 0 amide bonds. The van der Waals surface area contributed by atoms with E-state index in [0.717, 1.165) is 11.1 Å². The van der Waals surface area contributed by atoms with E-state index < -0.39 is 0 Å². The van der Waals surface area contributed by atoms with Gasteiger partial charge in [-0.3, -0.25) is 0 Å². The van der Waals surface area contributed by atoms with Crippen molar-refractivity contribution in [2.45, 2.75) is 13.8 Å². The lowest BCUT2D eigenvalue weighted by molar-refractivity contribution is 0.0734. The maximum Gasteiger partial charge on any atom is 0.343 e. The molecule has 0 aliphatic rings. The first-order chi connectivity index (χ1) is 10.6. The molecule has 4 nitrogen and oxygen atoms in total. The van der Waals surface area contributed by atoms with Crippen molar-refractivity contribution in [3.05, 3.63) is 59.2 Å². The first-order valence-corrected chi connectivity index (χ1v) is 7.11. The van der Waals surface area contributed by atoms with Crippen molar-refractivity contribution in [1.29, 1.82) is 0 Å². The second-order valence-electron chi connectivity index (χ2n) is 5.00. The van der Waals surface area contributed by atoms with Crippen LogP contribution in [0.4, 0.5) is 0 Å². The largest absolute Gasteiger partial charge is 0.491 e. The molecule has 0 spiro atoms. The third-order valence-electron chi connectivity index (χ3n) is 3.34. The van der Waals surface area contributed by atoms with E-state index in [4.69, 9.17) is 14.2 Å². The summed E-state index contributed by atoms with van der Waals surface area (Å²) in [7, 11) is 1.62. The molecule has 2 rings (SSSR count). The Hall–Kier alpha value is -2.33. The van der Waals surface area contributed by atoms with Crippen molar-refractivity contribution in [1.82, 2.24) is 0 Å². The standard InChI is InChI=1S/C18H20O4/c1-13-4-7-17(12-14(13)2)22-18(19)15-5-8-16(9-6-15)21-11-10-20-3/h4-9,12H,10-11H2,1-3H3. The zero-order valence-electron chi connectivity index (χ0n) is 13.1. The van der Waals surface area contributed by atoms with Crippen LogP contribution < -0.4 is 9.47 Å². The number of aryl methyl sites for hydroxylation is 2. The van der Waals surface area contributed by atoms with Gasteiger partial charge in [0.25, 0.3) is 0 Å². The summed E-state index contributed by atoms with van der Waals surface area (Å²) in [5.74, 6) is 0.861. The summed E-state index contributed by atoms with van der Waals surface area (Å²) >= 11 is 0. The second-order valence-corrected chi connectivity index (χ2v) is 5.00. The number of benzene rings is 2. The number of hydrogen-bond donors (Lipinski definition) is 0. The van der Waals surface area contributed by atoms with Crippen LogP contribution >= 0.6 is 0 Å². The van der Waals surface area contributed by atoms with E-state index in [0.29, 0.717) is 30.3 Å². The minimum Gasteiger partial charge on any atom is -0.491 e. The summed E-state index contributed by atoms with van der Waals surface area (Å²) in [6.45, 7) is 5.00. The molecule has 0 fully saturated rings. The fraction of sp³-hybridized carbons (Fsp3) is 0.278. The highest BCUT2D eigenvalue weighted by Gasteiger charge is 2.09. The molecule has 116 valence electrons. The van der Waals surface area contributed by atoms with E-state index in [1.165, 1.54) is 0 Å². The van der Waals surface area contributed by atoms with Crippen LogP contribution in [0.3, 0.4) is 0 Å². The zero-order chi connectivity index (χ0) is 15.9. The lowest BCUT2D eigenvalue weighted by atomic mass is 10.1. The molecular formula is C18H20O4. The van der Waals surface area contributed by atoms with Crippen LogP contribution in [0.1, 0.15) is 21.5 Å². The summed E-state index contributed by atoms with van der Waals surface area (Å²) in [5, 5.41) is 0. The molecule has 2 aromatic carbocycles. The molecule has 0 aliphatic carbocycles. The van der Waals surface area contributed by atoms with Crippen LogP contribution in [0.15, 0.2) is 42.5 Å². The lowest BCUT2D eigenvalue weighted by Crippen LogP contribution is -2.09. The van der Waals surface area contributed by atoms with E-state index >= 15 is 0 Å². The van der Waals surface area contributed by atoms with Crippen LogP contribution in [-0.2, 0) is 4.74 Å². The zero-order valence-corrected chi connectivity index (χ0v) is 13.1. The van der Waals surface area contributed by atoms with Gasteiger partial charge in [0.1, 0.15) is 18.1 Å². The van der Waals surface area contributed by atoms with Crippen LogP contribution in [0.2, 0.25) is 0 Å². The number of carbonyl (C=O) groups is 1. The Bertz CT molecular complexity index is 632. The summed E-state index contributed by atoms with van der Waals surface area (Å²) in [6.07, 6.45) is 0. The molecule has 0 heterocycles. The van der Waals surface area contributed by atoms with Crippen molar-refractivity contribution in [3.8, 4) is 11.5 Å². The number of ether oxygens (including phenoxy) is 3. The topological polar surface area (TPSA) is 44.8 Å². The van der Waals surface area contributed by atoms with Crippen LogP contribution in [-0.4, -0.2) is 26.3 Å². The first kappa shape index (κ1) is 16.0. The summed E-state index contributed by atoms with van der Waals surface area (Å²) in [6, 6.07) is 12.4. The summed E-state index contributed by atoms with van der Waals surface area (Å²) in [4.78, 5) is 12.1. The fourth-order valence-corrected chi connectivity index (χ4v) is 1.87. The van der Waals surface area contributed by atoms with Gasteiger partial charge in [-0.05, 0) is 61.4 Å². The fourth-order valence-electron chi connectivity index (χ4n) is 1.87. The van der Waals surface area contributed by atoms with Gasteiger partial charge in [-0.2, -0.15) is 0 Å². The molecule has 2 aromatic rings. The molecule has 0 radical (unpaired) electrons. The summed E-state index contributed by atoms with van der Waals surface area (Å²) < 4.78 is 15.7. The highest BCUT2D eigenvalue weighted by Crippen LogP contribution is 2.19. The van der Waals surface area contributed by atoms with Gasteiger partial charge in [0.05, 0.1) is 12.2 Å². The maximum absolute atomic E-state index is 12.1. The molecule has 0 saturated carbocycles. The van der Waals surface area contributed by atoms with Gasteiger partial charge < -0.3 is 14.2 Å². The predicted octanol–water partition coefficient (Wildman–Crippen LogP) is 3.55. The highest BCUT2D eigenvalue weighted by atomic mass is 16.5. The Morgan fingerprint density at radius 3 is 2.23 bits per heavy atom. The van der Waals surface area contributed by atoms with Gasteiger partial charge in [-0.1, -0.05) is 6.07 Å². The van der Waals surface area contributed by atoms with Crippen molar-refractivity contribution in [2.24, 2.45) is 0 Å². The molecule has 22 heavy (non-hydrogen) atoms. The Morgan fingerprint density at radius 1 is 0.909 bits per heavy atom. The third-order valence-corrected chi connectivity index (χ3v) is 3.34. The molecular weight excluding hydrogens is 280 g/mol. The van der Waals surface area contributed by atoms with Crippen LogP contribution in [0.5, 0.6) is 11.5 Å². The SMILES string of the molecule is COCCOc1ccc(C(=O)Oc2ccc(C)c(C)c2)cc1. The van der Waals surface area contributed by atoms with E-state index in [2.05, 4.69) is 0 Å². The van der Waals surface area contributed by atoms with Gasteiger partial charge in [0.2, 0.25) is 0 Å². The molecule has 0 atom stereocenters. The number of carbonyl (C=O) groups excluding carboxylic acids is 1. The van der Waals surface area contributed by atoms with Crippen LogP contribution in [0.25, 0.3) is 0 Å². The number of hydrogen-bond acceptors (Lipinski definition) is 4. The number of esters is 1. The third kappa shape index (κ3) is 4.33. The number of rotatable bonds is 6. The average Bonchev–Trinajstić information content (AvgIpc) is 2.52. The normalized spacial score (nSPS) is 10.3. The molecule has 0 saturated heterocycles. The smallest absolute Gasteiger partial charge is 0.343 e. The quantitative estimate of drug-likeness (QED) is 0.465. The molecule has 0 unspecified atom stereocenters. The predicted molar refractivity (Wildman–Crippen MR) is 84.7 cm³/mol. The van der Waals surface area contributed by atoms with Gasteiger partial charge >= 0.3 is 5.97 Å². The molecule has 4 heteroatoms. The van der Waals surface area contributed by atoms with Gasteiger partial charge in [0.15, 0.2) is 0 Å². The molecule has 0 aromatic heterocycles. The van der Waals surface area contributed by atoms with E-state index in [-0.39, 0.29) is 5.97 Å². The Morgan fingerprint density at radius 2 is 1.59 bits per heavy atom. The van der Waals surface area contributed by atoms with E-state index in [9.17, 15) is 4.79 Å². The van der Waals surface area contributed by atoms with Crippen molar-refractivity contribution >= 4 is 5.97 Å².